The Morgan fingerprint density at radius 2 is 2.13 bits per heavy atom. The molecule has 0 spiro atoms. The Morgan fingerprint density at radius 3 is 2.87 bits per heavy atom. The molecule has 5 nitrogen and oxygen atoms in total. The molecule has 0 atom stereocenters. The molecule has 2 aromatic rings. The Labute approximate surface area is 89.9 Å². The van der Waals surface area contributed by atoms with Gasteiger partial charge in [-0.3, -0.25) is 4.98 Å². The second kappa shape index (κ2) is 4.70. The van der Waals surface area contributed by atoms with Gasteiger partial charge in [0.1, 0.15) is 6.29 Å². The van der Waals surface area contributed by atoms with Crippen LogP contribution in [0, 0.1) is 0 Å². The van der Waals surface area contributed by atoms with Crippen LogP contribution in [-0.4, -0.2) is 27.2 Å². The zero-order valence-corrected chi connectivity index (χ0v) is 8.48. The first kappa shape index (κ1) is 9.85. The third-order valence-corrected chi connectivity index (χ3v) is 2.32. The van der Waals surface area contributed by atoms with E-state index in [0.717, 1.165) is 11.8 Å². The van der Waals surface area contributed by atoms with E-state index >= 15 is 0 Å². The van der Waals surface area contributed by atoms with Gasteiger partial charge in [0, 0.05) is 18.0 Å². The third-order valence-electron chi connectivity index (χ3n) is 1.61. The molecule has 2 rings (SSSR count). The fourth-order valence-electron chi connectivity index (χ4n) is 0.985. The van der Waals surface area contributed by atoms with Gasteiger partial charge in [-0.05, 0) is 12.1 Å². The van der Waals surface area contributed by atoms with Gasteiger partial charge in [0.2, 0.25) is 5.89 Å². The molecule has 0 fully saturated rings. The first-order chi connectivity index (χ1) is 7.40. The highest BCUT2D eigenvalue weighted by atomic mass is 32.2. The fourth-order valence-corrected chi connectivity index (χ4v) is 1.43. The van der Waals surface area contributed by atoms with E-state index in [0.29, 0.717) is 16.9 Å². The summed E-state index contributed by atoms with van der Waals surface area (Å²) in [6.07, 6.45) is 4.09. The van der Waals surface area contributed by atoms with Gasteiger partial charge >= 0.3 is 0 Å². The van der Waals surface area contributed by atoms with E-state index < -0.39 is 0 Å². The Hall–Kier alpha value is -1.69. The van der Waals surface area contributed by atoms with Crippen molar-refractivity contribution in [3.63, 3.8) is 0 Å². The monoisotopic (exact) mass is 221 g/mol. The third kappa shape index (κ3) is 2.41. The normalized spacial score (nSPS) is 10.1. The van der Waals surface area contributed by atoms with Gasteiger partial charge in [-0.2, -0.15) is 0 Å². The van der Waals surface area contributed by atoms with Crippen molar-refractivity contribution in [2.24, 2.45) is 0 Å². The van der Waals surface area contributed by atoms with E-state index in [4.69, 9.17) is 4.42 Å². The van der Waals surface area contributed by atoms with E-state index in [9.17, 15) is 4.79 Å². The maximum Gasteiger partial charge on any atom is 0.277 e. The van der Waals surface area contributed by atoms with Gasteiger partial charge in [0.15, 0.2) is 0 Å². The van der Waals surface area contributed by atoms with Gasteiger partial charge < -0.3 is 9.21 Å². The van der Waals surface area contributed by atoms with Crippen molar-refractivity contribution < 1.29 is 9.21 Å². The summed E-state index contributed by atoms with van der Waals surface area (Å²) >= 11 is 1.21. The molecule has 0 unspecified atom stereocenters. The lowest BCUT2D eigenvalue weighted by Crippen LogP contribution is -1.78. The summed E-state index contributed by atoms with van der Waals surface area (Å²) in [5.41, 5.74) is 0.815. The van der Waals surface area contributed by atoms with Gasteiger partial charge in [0.05, 0.1) is 5.75 Å². The summed E-state index contributed by atoms with van der Waals surface area (Å²) in [4.78, 5) is 14.0. The molecule has 0 bridgehead atoms. The average Bonchev–Trinajstić information content (AvgIpc) is 2.76. The van der Waals surface area contributed by atoms with Crippen LogP contribution in [0.3, 0.4) is 0 Å². The lowest BCUT2D eigenvalue weighted by molar-refractivity contribution is -0.105. The van der Waals surface area contributed by atoms with Crippen molar-refractivity contribution in [1.29, 1.82) is 0 Å². The topological polar surface area (TPSA) is 68.9 Å². The molecule has 6 heteroatoms. The Bertz CT molecular complexity index is 444. The van der Waals surface area contributed by atoms with Crippen molar-refractivity contribution in [1.82, 2.24) is 15.2 Å². The zero-order chi connectivity index (χ0) is 10.5. The van der Waals surface area contributed by atoms with Gasteiger partial charge in [-0.25, -0.2) is 0 Å². The quantitative estimate of drug-likeness (QED) is 0.574. The van der Waals surface area contributed by atoms with Gasteiger partial charge in [-0.15, -0.1) is 10.2 Å². The van der Waals surface area contributed by atoms with E-state index in [1.807, 2.05) is 0 Å². The minimum Gasteiger partial charge on any atom is -0.411 e. The molecule has 0 amide bonds. The summed E-state index contributed by atoms with van der Waals surface area (Å²) in [7, 11) is 0. The molecule has 76 valence electrons. The molecular formula is C9H7N3O2S. The minimum absolute atomic E-state index is 0.317. The number of carbonyl (C=O) groups is 1. The van der Waals surface area contributed by atoms with Crippen LogP contribution in [0.4, 0.5) is 0 Å². The highest BCUT2D eigenvalue weighted by molar-refractivity contribution is 7.99. The van der Waals surface area contributed by atoms with Crippen LogP contribution in [0.25, 0.3) is 11.5 Å². The molecule has 2 heterocycles. The number of rotatable bonds is 4. The number of aromatic nitrogens is 3. The van der Waals surface area contributed by atoms with Crippen LogP contribution in [0.1, 0.15) is 0 Å². The Kier molecular flexibility index (Phi) is 3.08. The first-order valence-corrected chi connectivity index (χ1v) is 5.19. The number of hydrogen-bond donors (Lipinski definition) is 0. The highest BCUT2D eigenvalue weighted by Gasteiger charge is 2.07. The number of thioether (sulfide) groups is 1. The second-order valence-electron chi connectivity index (χ2n) is 2.59. The Balaban J connectivity index is 2.17. The van der Waals surface area contributed by atoms with E-state index in [1.54, 1.807) is 24.5 Å². The van der Waals surface area contributed by atoms with Crippen LogP contribution in [0.15, 0.2) is 34.2 Å². The van der Waals surface area contributed by atoms with Crippen LogP contribution in [-0.2, 0) is 4.79 Å². The largest absolute Gasteiger partial charge is 0.411 e. The molecule has 2 aromatic heterocycles. The number of aldehydes is 1. The molecule has 0 saturated heterocycles. The molecule has 0 saturated carbocycles. The Morgan fingerprint density at radius 1 is 1.33 bits per heavy atom. The predicted octanol–water partition coefficient (Wildman–Crippen LogP) is 1.42. The lowest BCUT2D eigenvalue weighted by Gasteiger charge is -1.91. The molecule has 15 heavy (non-hydrogen) atoms. The maximum absolute atomic E-state index is 10.1. The standard InChI is InChI=1S/C9H7N3O2S/c13-5-6-15-9-12-11-8(14-9)7-1-3-10-4-2-7/h1-5H,6H2. The van der Waals surface area contributed by atoms with E-state index in [-0.39, 0.29) is 0 Å². The zero-order valence-electron chi connectivity index (χ0n) is 7.66. The summed E-state index contributed by atoms with van der Waals surface area (Å²) in [5.74, 6) is 0.753. The summed E-state index contributed by atoms with van der Waals surface area (Å²) in [5, 5.41) is 8.05. The number of hydrogen-bond acceptors (Lipinski definition) is 6. The van der Waals surface area contributed by atoms with Gasteiger partial charge in [0.25, 0.3) is 5.22 Å². The fraction of sp³-hybridized carbons (Fsp3) is 0.111. The van der Waals surface area contributed by atoms with Crippen molar-refractivity contribution in [3.05, 3.63) is 24.5 Å². The number of nitrogens with zero attached hydrogens (tertiary/aromatic N) is 3. The summed E-state index contributed by atoms with van der Waals surface area (Å²) < 4.78 is 5.33. The lowest BCUT2D eigenvalue weighted by atomic mass is 10.3. The molecular weight excluding hydrogens is 214 g/mol. The van der Waals surface area contributed by atoms with E-state index in [1.165, 1.54) is 11.8 Å². The molecule has 0 radical (unpaired) electrons. The molecule has 0 aromatic carbocycles. The van der Waals surface area contributed by atoms with Crippen LogP contribution >= 0.6 is 11.8 Å². The second-order valence-corrected chi connectivity index (χ2v) is 3.56. The van der Waals surface area contributed by atoms with Crippen molar-refractivity contribution >= 4 is 18.0 Å². The van der Waals surface area contributed by atoms with Crippen molar-refractivity contribution in [2.75, 3.05) is 5.75 Å². The smallest absolute Gasteiger partial charge is 0.277 e. The SMILES string of the molecule is O=CCSc1nnc(-c2ccncc2)o1. The van der Waals surface area contributed by atoms with Crippen LogP contribution in [0.2, 0.25) is 0 Å². The molecule has 0 aliphatic carbocycles. The number of carbonyl (C=O) groups excluding carboxylic acids is 1. The predicted molar refractivity (Wildman–Crippen MR) is 54.3 cm³/mol. The number of pyridine rings is 1. The minimum atomic E-state index is 0.317. The van der Waals surface area contributed by atoms with E-state index in [2.05, 4.69) is 15.2 Å². The molecule has 0 aliphatic heterocycles. The maximum atomic E-state index is 10.1. The van der Waals surface area contributed by atoms with Crippen LogP contribution < -0.4 is 0 Å². The van der Waals surface area contributed by atoms with Gasteiger partial charge in [-0.1, -0.05) is 11.8 Å². The molecule has 0 aliphatic rings. The molecule has 0 N–H and O–H groups in total. The van der Waals surface area contributed by atoms with Crippen LogP contribution in [0.5, 0.6) is 0 Å². The van der Waals surface area contributed by atoms with Crippen molar-refractivity contribution in [2.45, 2.75) is 5.22 Å². The van der Waals surface area contributed by atoms with Crippen molar-refractivity contribution in [3.8, 4) is 11.5 Å². The first-order valence-electron chi connectivity index (χ1n) is 4.20. The highest BCUT2D eigenvalue weighted by Crippen LogP contribution is 2.21. The summed E-state index contributed by atoms with van der Waals surface area (Å²) in [6, 6.07) is 3.56. The summed E-state index contributed by atoms with van der Waals surface area (Å²) in [6.45, 7) is 0. The average molecular weight is 221 g/mol.